The number of ether oxygens (including phenoxy) is 1. The highest BCUT2D eigenvalue weighted by molar-refractivity contribution is 7.92. The van der Waals surface area contributed by atoms with Crippen LogP contribution in [-0.2, 0) is 14.8 Å². The maximum absolute atomic E-state index is 13.2. The highest BCUT2D eigenvalue weighted by atomic mass is 35.5. The van der Waals surface area contributed by atoms with E-state index < -0.39 is 33.9 Å². The quantitative estimate of drug-likeness (QED) is 0.482. The van der Waals surface area contributed by atoms with Gasteiger partial charge in [0, 0.05) is 18.7 Å². The second-order valence-corrected chi connectivity index (χ2v) is 8.09. The summed E-state index contributed by atoms with van der Waals surface area (Å²) in [6, 6.07) is 6.94. The van der Waals surface area contributed by atoms with Gasteiger partial charge in [-0.2, -0.15) is 0 Å². The van der Waals surface area contributed by atoms with Crippen LogP contribution in [0.3, 0.4) is 0 Å². The third-order valence-corrected chi connectivity index (χ3v) is 6.20. The maximum Gasteiger partial charge on any atom is 0.305 e. The predicted octanol–water partition coefficient (Wildman–Crippen LogP) is 3.58. The van der Waals surface area contributed by atoms with Gasteiger partial charge in [0.1, 0.15) is 11.4 Å². The van der Waals surface area contributed by atoms with Crippen molar-refractivity contribution in [2.75, 3.05) is 18.0 Å². The van der Waals surface area contributed by atoms with Crippen LogP contribution in [0.4, 0.5) is 11.4 Å². The van der Waals surface area contributed by atoms with E-state index in [1.54, 1.807) is 0 Å². The number of hydrogen-bond acceptors (Lipinski definition) is 6. The Kier molecular flexibility index (Phi) is 6.70. The van der Waals surface area contributed by atoms with E-state index in [9.17, 15) is 23.3 Å². The number of sulfonamides is 1. The molecular weight excluding hydrogens is 435 g/mol. The van der Waals surface area contributed by atoms with Gasteiger partial charge in [-0.3, -0.25) is 19.2 Å². The van der Waals surface area contributed by atoms with Gasteiger partial charge < -0.3 is 9.84 Å². The van der Waals surface area contributed by atoms with Crippen molar-refractivity contribution in [3.8, 4) is 5.75 Å². The van der Waals surface area contributed by atoms with Gasteiger partial charge in [-0.25, -0.2) is 8.42 Å². The van der Waals surface area contributed by atoms with E-state index in [0.717, 1.165) is 22.5 Å². The summed E-state index contributed by atoms with van der Waals surface area (Å²) in [5.41, 5.74) is -0.565. The van der Waals surface area contributed by atoms with Gasteiger partial charge in [0.15, 0.2) is 0 Å². The van der Waals surface area contributed by atoms with Crippen molar-refractivity contribution in [2.24, 2.45) is 0 Å². The van der Waals surface area contributed by atoms with Crippen LogP contribution in [0.5, 0.6) is 5.75 Å². The van der Waals surface area contributed by atoms with Crippen molar-refractivity contribution in [3.63, 3.8) is 0 Å². The number of nitrogens with zero attached hydrogens (tertiary/aromatic N) is 2. The second-order valence-electron chi connectivity index (χ2n) is 5.41. The van der Waals surface area contributed by atoms with Crippen LogP contribution in [0, 0.1) is 10.1 Å². The molecule has 0 amide bonds. The monoisotopic (exact) mass is 448 g/mol. The second kappa shape index (κ2) is 8.63. The first-order chi connectivity index (χ1) is 13.1. The van der Waals surface area contributed by atoms with E-state index in [0.29, 0.717) is 0 Å². The van der Waals surface area contributed by atoms with Gasteiger partial charge in [0.05, 0.1) is 33.4 Å². The lowest BCUT2D eigenvalue weighted by atomic mass is 10.2. The molecule has 0 saturated heterocycles. The van der Waals surface area contributed by atoms with Crippen LogP contribution in [-0.4, -0.2) is 38.1 Å². The molecule has 12 heteroatoms. The summed E-state index contributed by atoms with van der Waals surface area (Å²) in [5, 5.41) is 20.2. The molecule has 2 aromatic carbocycles. The first-order valence-electron chi connectivity index (χ1n) is 7.60. The highest BCUT2D eigenvalue weighted by Gasteiger charge is 2.30. The van der Waals surface area contributed by atoms with Crippen molar-refractivity contribution in [3.05, 3.63) is 56.6 Å². The molecule has 28 heavy (non-hydrogen) atoms. The number of carboxylic acids is 1. The Labute approximate surface area is 170 Å². The summed E-state index contributed by atoms with van der Waals surface area (Å²) in [4.78, 5) is 21.2. The van der Waals surface area contributed by atoms with Gasteiger partial charge in [-0.05, 0) is 24.3 Å². The van der Waals surface area contributed by atoms with Gasteiger partial charge in [0.25, 0.3) is 15.7 Å². The molecule has 1 N–H and O–H groups in total. The van der Waals surface area contributed by atoms with E-state index in [2.05, 4.69) is 0 Å². The van der Waals surface area contributed by atoms with Crippen LogP contribution in [0.1, 0.15) is 6.42 Å². The molecule has 0 heterocycles. The van der Waals surface area contributed by atoms with Crippen molar-refractivity contribution in [1.82, 2.24) is 0 Å². The molecule has 0 aromatic heterocycles. The fourth-order valence-electron chi connectivity index (χ4n) is 2.32. The molecule has 2 rings (SSSR count). The average Bonchev–Trinajstić information content (AvgIpc) is 2.63. The van der Waals surface area contributed by atoms with E-state index in [1.807, 2.05) is 0 Å². The summed E-state index contributed by atoms with van der Waals surface area (Å²) < 4.78 is 32.2. The minimum Gasteiger partial charge on any atom is -0.495 e. The third-order valence-electron chi connectivity index (χ3n) is 3.65. The fourth-order valence-corrected chi connectivity index (χ4v) is 4.18. The molecule has 0 aliphatic rings. The van der Waals surface area contributed by atoms with Gasteiger partial charge in [-0.1, -0.05) is 23.2 Å². The van der Waals surface area contributed by atoms with E-state index in [1.165, 1.54) is 25.3 Å². The van der Waals surface area contributed by atoms with E-state index in [4.69, 9.17) is 33.0 Å². The number of nitro groups is 1. The number of rotatable bonds is 8. The first kappa shape index (κ1) is 21.7. The largest absolute Gasteiger partial charge is 0.495 e. The summed E-state index contributed by atoms with van der Waals surface area (Å²) in [5.74, 6) is -1.24. The molecule has 150 valence electrons. The van der Waals surface area contributed by atoms with Crippen LogP contribution in [0.2, 0.25) is 10.0 Å². The summed E-state index contributed by atoms with van der Waals surface area (Å²) in [7, 11) is -3.08. The topological polar surface area (TPSA) is 127 Å². The summed E-state index contributed by atoms with van der Waals surface area (Å²) >= 11 is 11.7. The molecule has 0 unspecified atom stereocenters. The SMILES string of the molecule is COc1ccc([N+](=O)[O-])cc1N(CCC(=O)O)S(=O)(=O)c1ccc(Cl)c(Cl)c1. The minimum absolute atomic E-state index is 0.0135. The zero-order valence-electron chi connectivity index (χ0n) is 14.3. The number of nitro benzene ring substituents is 1. The number of halogens is 2. The molecule has 9 nitrogen and oxygen atoms in total. The smallest absolute Gasteiger partial charge is 0.305 e. The minimum atomic E-state index is -4.34. The lowest BCUT2D eigenvalue weighted by Crippen LogP contribution is -2.33. The van der Waals surface area contributed by atoms with Crippen LogP contribution in [0.25, 0.3) is 0 Å². The van der Waals surface area contributed by atoms with Crippen molar-refractivity contribution in [2.45, 2.75) is 11.3 Å². The number of non-ortho nitro benzene ring substituents is 1. The Morgan fingerprint density at radius 1 is 1.21 bits per heavy atom. The van der Waals surface area contributed by atoms with Crippen LogP contribution < -0.4 is 9.04 Å². The first-order valence-corrected chi connectivity index (χ1v) is 9.79. The van der Waals surface area contributed by atoms with Gasteiger partial charge >= 0.3 is 5.97 Å². The Morgan fingerprint density at radius 2 is 1.89 bits per heavy atom. The van der Waals surface area contributed by atoms with Crippen molar-refractivity contribution < 1.29 is 28.0 Å². The van der Waals surface area contributed by atoms with Gasteiger partial charge in [0.2, 0.25) is 0 Å². The number of anilines is 1. The number of hydrogen-bond donors (Lipinski definition) is 1. The highest BCUT2D eigenvalue weighted by Crippen LogP contribution is 2.36. The van der Waals surface area contributed by atoms with E-state index >= 15 is 0 Å². The zero-order chi connectivity index (χ0) is 21.1. The number of carboxylic acid groups (broad SMARTS) is 1. The molecule has 0 bridgehead atoms. The third kappa shape index (κ3) is 4.64. The molecule has 0 aliphatic carbocycles. The summed E-state index contributed by atoms with van der Waals surface area (Å²) in [6.07, 6.45) is -0.549. The van der Waals surface area contributed by atoms with Crippen LogP contribution in [0.15, 0.2) is 41.3 Å². The number of aliphatic carboxylic acids is 1. The van der Waals surface area contributed by atoms with E-state index in [-0.39, 0.29) is 32.1 Å². The number of benzene rings is 2. The molecule has 0 spiro atoms. The Hall–Kier alpha value is -2.56. The number of carbonyl (C=O) groups is 1. The molecule has 0 fully saturated rings. The predicted molar refractivity (Wildman–Crippen MR) is 103 cm³/mol. The van der Waals surface area contributed by atoms with Crippen molar-refractivity contribution in [1.29, 1.82) is 0 Å². The maximum atomic E-state index is 13.2. The lowest BCUT2D eigenvalue weighted by Gasteiger charge is -2.25. The molecule has 0 atom stereocenters. The van der Waals surface area contributed by atoms with Gasteiger partial charge in [-0.15, -0.1) is 0 Å². The Balaban J connectivity index is 2.68. The number of methoxy groups -OCH3 is 1. The standard InChI is InChI=1S/C16H14Cl2N2O7S/c1-27-15-5-2-10(20(23)24)8-14(15)19(7-6-16(21)22)28(25,26)11-3-4-12(17)13(18)9-11/h2-5,8-9H,6-7H2,1H3,(H,21,22). The lowest BCUT2D eigenvalue weighted by molar-refractivity contribution is -0.384. The Bertz CT molecular complexity index is 1030. The molecule has 0 aliphatic heterocycles. The average molecular weight is 449 g/mol. The molecule has 0 saturated carbocycles. The van der Waals surface area contributed by atoms with Crippen LogP contribution >= 0.6 is 23.2 Å². The Morgan fingerprint density at radius 3 is 2.43 bits per heavy atom. The molecule has 0 radical (unpaired) electrons. The normalized spacial score (nSPS) is 11.1. The zero-order valence-corrected chi connectivity index (χ0v) is 16.7. The fraction of sp³-hybridized carbons (Fsp3) is 0.188. The molecule has 2 aromatic rings. The van der Waals surface area contributed by atoms with Crippen molar-refractivity contribution >= 4 is 50.6 Å². The summed E-state index contributed by atoms with van der Waals surface area (Å²) in [6.45, 7) is -0.491. The molecular formula is C16H14Cl2N2O7S.